The summed E-state index contributed by atoms with van der Waals surface area (Å²) in [6, 6.07) is 0. The Labute approximate surface area is 81.6 Å². The summed E-state index contributed by atoms with van der Waals surface area (Å²) in [5.41, 5.74) is -0.431. The zero-order valence-corrected chi connectivity index (χ0v) is 8.16. The van der Waals surface area contributed by atoms with Crippen molar-refractivity contribution in [2.24, 2.45) is 0 Å². The largest absolute Gasteiger partial charge is 0.378 e. The predicted molar refractivity (Wildman–Crippen MR) is 50.2 cm³/mol. The van der Waals surface area contributed by atoms with Crippen LogP contribution >= 0.6 is 0 Å². The molecular formula is C9H14N2O3. The Morgan fingerprint density at radius 3 is 3.14 bits per heavy atom. The number of H-pyrrole nitrogens is 1. The molecule has 0 saturated carbocycles. The average molecular weight is 198 g/mol. The Bertz CT molecular complexity index is 349. The van der Waals surface area contributed by atoms with E-state index in [1.807, 2.05) is 0 Å². The zero-order chi connectivity index (χ0) is 10.0. The first kappa shape index (κ1) is 9.48. The molecule has 1 N–H and O–H groups in total. The van der Waals surface area contributed by atoms with Gasteiger partial charge in [-0.05, 0) is 0 Å². The molecule has 1 atom stereocenters. The van der Waals surface area contributed by atoms with Gasteiger partial charge in [0.2, 0.25) is 0 Å². The molecule has 1 fully saturated rings. The number of nitrogens with one attached hydrogen (secondary N) is 1. The minimum Gasteiger partial charge on any atom is -0.378 e. The third-order valence-electron chi connectivity index (χ3n) is 2.68. The number of imidazole rings is 1. The molecule has 1 aliphatic heterocycles. The van der Waals surface area contributed by atoms with Crippen molar-refractivity contribution < 1.29 is 9.47 Å². The van der Waals surface area contributed by atoms with Crippen molar-refractivity contribution in [2.45, 2.75) is 18.6 Å². The maximum Gasteiger partial charge on any atom is 0.325 e. The second kappa shape index (κ2) is 3.59. The predicted octanol–water partition coefficient (Wildman–Crippen LogP) is -0.0181. The van der Waals surface area contributed by atoms with Crippen LogP contribution in [0.5, 0.6) is 0 Å². The van der Waals surface area contributed by atoms with Gasteiger partial charge in [0, 0.05) is 32.5 Å². The number of aromatic nitrogens is 2. The van der Waals surface area contributed by atoms with Gasteiger partial charge in [-0.25, -0.2) is 4.79 Å². The summed E-state index contributed by atoms with van der Waals surface area (Å²) in [7, 11) is 1.66. The van der Waals surface area contributed by atoms with Crippen LogP contribution in [-0.4, -0.2) is 35.5 Å². The van der Waals surface area contributed by atoms with E-state index in [0.29, 0.717) is 19.8 Å². The molecule has 1 aromatic heterocycles. The van der Waals surface area contributed by atoms with Crippen molar-refractivity contribution in [1.29, 1.82) is 0 Å². The Morgan fingerprint density at radius 1 is 1.79 bits per heavy atom. The van der Waals surface area contributed by atoms with E-state index in [2.05, 4.69) is 4.98 Å². The summed E-state index contributed by atoms with van der Waals surface area (Å²) >= 11 is 0. The second-order valence-electron chi connectivity index (χ2n) is 3.58. The lowest BCUT2D eigenvalue weighted by Crippen LogP contribution is -2.39. The van der Waals surface area contributed by atoms with Gasteiger partial charge < -0.3 is 14.5 Å². The highest BCUT2D eigenvalue weighted by molar-refractivity contribution is 4.88. The number of nitrogens with zero attached hydrogens (tertiary/aromatic N) is 1. The number of ether oxygens (including phenoxy) is 2. The molecule has 14 heavy (non-hydrogen) atoms. The van der Waals surface area contributed by atoms with Crippen LogP contribution in [0.25, 0.3) is 0 Å². The number of rotatable bonds is 3. The van der Waals surface area contributed by atoms with Gasteiger partial charge in [-0.3, -0.25) is 4.57 Å². The van der Waals surface area contributed by atoms with E-state index in [1.165, 1.54) is 0 Å². The van der Waals surface area contributed by atoms with Crippen LogP contribution in [0.4, 0.5) is 0 Å². The first-order chi connectivity index (χ1) is 6.76. The highest BCUT2D eigenvalue weighted by atomic mass is 16.5. The molecule has 0 amide bonds. The van der Waals surface area contributed by atoms with E-state index < -0.39 is 0 Å². The van der Waals surface area contributed by atoms with Crippen molar-refractivity contribution in [3.63, 3.8) is 0 Å². The van der Waals surface area contributed by atoms with E-state index in [4.69, 9.17) is 9.47 Å². The summed E-state index contributed by atoms with van der Waals surface area (Å²) in [5.74, 6) is 0. The molecule has 1 saturated heterocycles. The molecule has 0 aromatic carbocycles. The average Bonchev–Trinajstić information content (AvgIpc) is 2.79. The molecular weight excluding hydrogens is 184 g/mol. The number of methoxy groups -OCH3 is 1. The highest BCUT2D eigenvalue weighted by Crippen LogP contribution is 2.23. The quantitative estimate of drug-likeness (QED) is 0.742. The van der Waals surface area contributed by atoms with Gasteiger partial charge in [0.05, 0.1) is 13.2 Å². The summed E-state index contributed by atoms with van der Waals surface area (Å²) in [6.07, 6.45) is 4.18. The summed E-state index contributed by atoms with van der Waals surface area (Å²) in [4.78, 5) is 13.9. The van der Waals surface area contributed by atoms with Crippen molar-refractivity contribution in [2.75, 3.05) is 20.3 Å². The molecule has 1 aromatic rings. The van der Waals surface area contributed by atoms with E-state index in [0.717, 1.165) is 6.42 Å². The number of hydrogen-bond acceptors (Lipinski definition) is 3. The van der Waals surface area contributed by atoms with E-state index in [1.54, 1.807) is 24.1 Å². The normalized spacial score (nSPS) is 26.9. The number of hydrogen-bond donors (Lipinski definition) is 1. The fraction of sp³-hybridized carbons (Fsp3) is 0.667. The monoisotopic (exact) mass is 198 g/mol. The van der Waals surface area contributed by atoms with Crippen molar-refractivity contribution >= 4 is 0 Å². The molecule has 1 aliphatic rings. The Balaban J connectivity index is 2.16. The third-order valence-corrected chi connectivity index (χ3v) is 2.68. The van der Waals surface area contributed by atoms with Crippen LogP contribution in [0.2, 0.25) is 0 Å². The first-order valence-corrected chi connectivity index (χ1v) is 4.62. The fourth-order valence-electron chi connectivity index (χ4n) is 1.72. The standard InChI is InChI=1S/C9H14N2O3/c1-13-9(2-5-14-7-9)6-11-4-3-10-8(11)12/h3-4H,2,5-7H2,1H3,(H,10,12). The van der Waals surface area contributed by atoms with Gasteiger partial charge in [-0.15, -0.1) is 0 Å². The van der Waals surface area contributed by atoms with Gasteiger partial charge in [0.25, 0.3) is 0 Å². The molecule has 0 spiro atoms. The topological polar surface area (TPSA) is 56.2 Å². The van der Waals surface area contributed by atoms with Gasteiger partial charge in [0.15, 0.2) is 0 Å². The van der Waals surface area contributed by atoms with Crippen LogP contribution in [0.15, 0.2) is 17.2 Å². The maximum absolute atomic E-state index is 11.3. The maximum atomic E-state index is 11.3. The van der Waals surface area contributed by atoms with E-state index in [9.17, 15) is 4.79 Å². The van der Waals surface area contributed by atoms with Gasteiger partial charge in [-0.1, -0.05) is 0 Å². The molecule has 5 heteroatoms. The summed E-state index contributed by atoms with van der Waals surface area (Å²) < 4.78 is 12.3. The molecule has 1 unspecified atom stereocenters. The first-order valence-electron chi connectivity index (χ1n) is 4.62. The van der Waals surface area contributed by atoms with Crippen LogP contribution in [0, 0.1) is 0 Å². The van der Waals surface area contributed by atoms with Crippen molar-refractivity contribution in [1.82, 2.24) is 9.55 Å². The molecule has 5 nitrogen and oxygen atoms in total. The zero-order valence-electron chi connectivity index (χ0n) is 8.16. The van der Waals surface area contributed by atoms with Crippen molar-refractivity contribution in [3.8, 4) is 0 Å². The molecule has 0 aliphatic carbocycles. The Hall–Kier alpha value is -1.07. The third kappa shape index (κ3) is 1.60. The van der Waals surface area contributed by atoms with E-state index in [-0.39, 0.29) is 11.3 Å². The summed E-state index contributed by atoms with van der Waals surface area (Å²) in [6.45, 7) is 1.81. The van der Waals surface area contributed by atoms with Gasteiger partial charge >= 0.3 is 5.69 Å². The van der Waals surface area contributed by atoms with Crippen molar-refractivity contribution in [3.05, 3.63) is 22.9 Å². The molecule has 0 radical (unpaired) electrons. The molecule has 0 bridgehead atoms. The molecule has 78 valence electrons. The smallest absolute Gasteiger partial charge is 0.325 e. The van der Waals surface area contributed by atoms with E-state index >= 15 is 0 Å². The fourth-order valence-corrected chi connectivity index (χ4v) is 1.72. The minimum atomic E-state index is -0.327. The SMILES string of the molecule is COC1(Cn2cc[nH]c2=O)CCOC1. The van der Waals surface area contributed by atoms with Gasteiger partial charge in [-0.2, -0.15) is 0 Å². The van der Waals surface area contributed by atoms with Crippen LogP contribution < -0.4 is 5.69 Å². The lowest BCUT2D eigenvalue weighted by Gasteiger charge is -2.25. The highest BCUT2D eigenvalue weighted by Gasteiger charge is 2.35. The summed E-state index contributed by atoms with van der Waals surface area (Å²) in [5, 5.41) is 0. The Kier molecular flexibility index (Phi) is 2.43. The van der Waals surface area contributed by atoms with Crippen LogP contribution in [0.3, 0.4) is 0 Å². The molecule has 2 rings (SSSR count). The second-order valence-corrected chi connectivity index (χ2v) is 3.58. The number of aromatic amines is 1. The lowest BCUT2D eigenvalue weighted by atomic mass is 10.0. The molecule has 2 heterocycles. The Morgan fingerprint density at radius 2 is 2.64 bits per heavy atom. The van der Waals surface area contributed by atoms with Crippen LogP contribution in [0.1, 0.15) is 6.42 Å². The minimum absolute atomic E-state index is 0.103. The lowest BCUT2D eigenvalue weighted by molar-refractivity contribution is -0.0300. The van der Waals surface area contributed by atoms with Gasteiger partial charge in [0.1, 0.15) is 5.60 Å². The van der Waals surface area contributed by atoms with Crippen LogP contribution in [-0.2, 0) is 16.0 Å².